The summed E-state index contributed by atoms with van der Waals surface area (Å²) < 4.78 is 38.0. The fraction of sp³-hybridized carbons (Fsp3) is 0.190. The number of halogens is 3. The summed E-state index contributed by atoms with van der Waals surface area (Å²) >= 11 is 0. The molecule has 11 heteroatoms. The van der Waals surface area contributed by atoms with Crippen molar-refractivity contribution >= 4 is 22.8 Å². The van der Waals surface area contributed by atoms with E-state index in [0.29, 0.717) is 28.4 Å². The Morgan fingerprint density at radius 2 is 1.97 bits per heavy atom. The van der Waals surface area contributed by atoms with E-state index in [1.54, 1.807) is 55.8 Å². The van der Waals surface area contributed by atoms with E-state index in [9.17, 15) is 18.0 Å². The van der Waals surface area contributed by atoms with Crippen LogP contribution in [0.3, 0.4) is 0 Å². The van der Waals surface area contributed by atoms with Gasteiger partial charge < -0.3 is 15.2 Å². The number of benzene rings is 1. The van der Waals surface area contributed by atoms with Crippen LogP contribution >= 0.6 is 0 Å². The molecular weight excluding hydrogens is 423 g/mol. The van der Waals surface area contributed by atoms with Crippen molar-refractivity contribution < 1.29 is 18.0 Å². The number of hydrogen-bond donors (Lipinski definition) is 2. The first kappa shape index (κ1) is 21.2. The first-order chi connectivity index (χ1) is 15.3. The largest absolute Gasteiger partial charge is 0.405 e. The van der Waals surface area contributed by atoms with Gasteiger partial charge in [-0.25, -0.2) is 19.9 Å². The van der Waals surface area contributed by atoms with Crippen molar-refractivity contribution in [2.24, 2.45) is 0 Å². The maximum absolute atomic E-state index is 12.8. The maximum Gasteiger partial charge on any atom is 0.405 e. The smallest absolute Gasteiger partial charge is 0.345 e. The van der Waals surface area contributed by atoms with Gasteiger partial charge in [0.1, 0.15) is 30.4 Å². The third-order valence-corrected chi connectivity index (χ3v) is 4.81. The Morgan fingerprint density at radius 1 is 1.19 bits per heavy atom. The number of aromatic nitrogens is 5. The second-order valence-corrected chi connectivity index (χ2v) is 6.98. The lowest BCUT2D eigenvalue weighted by atomic mass is 10.0. The highest BCUT2D eigenvalue weighted by atomic mass is 19.4. The molecule has 2 N–H and O–H groups in total. The predicted octanol–water partition coefficient (Wildman–Crippen LogP) is 3.27. The van der Waals surface area contributed by atoms with Crippen molar-refractivity contribution in [1.82, 2.24) is 30.2 Å². The molecule has 0 aliphatic rings. The highest BCUT2D eigenvalue weighted by molar-refractivity contribution is 5.91. The SMILES string of the molecule is CN(c1ccnc(-c2c[nH]c3ncncc23)n1)C(C(=O)NCC(F)(F)F)c1ccccc1. The number of H-pyrrole nitrogens is 1. The molecule has 4 rings (SSSR count). The standard InChI is InChI=1S/C21H18F3N7O/c1-31(17(13-5-3-2-4-6-13)20(32)28-11-21(22,23)24)16-7-8-26-19(30-16)15-10-27-18-14(15)9-25-12-29-18/h2-10,12,17H,11H2,1H3,(H,28,32)(H,25,27,29). The molecule has 0 aliphatic heterocycles. The lowest BCUT2D eigenvalue weighted by molar-refractivity contribution is -0.139. The van der Waals surface area contributed by atoms with E-state index in [-0.39, 0.29) is 0 Å². The zero-order valence-electron chi connectivity index (χ0n) is 16.8. The van der Waals surface area contributed by atoms with Crippen molar-refractivity contribution in [3.05, 3.63) is 66.9 Å². The van der Waals surface area contributed by atoms with Gasteiger partial charge in [0.25, 0.3) is 0 Å². The number of carbonyl (C=O) groups is 1. The van der Waals surface area contributed by atoms with Gasteiger partial charge in [0.05, 0.1) is 0 Å². The number of amides is 1. The summed E-state index contributed by atoms with van der Waals surface area (Å²) in [5.41, 5.74) is 1.80. The van der Waals surface area contributed by atoms with Gasteiger partial charge in [0.2, 0.25) is 5.91 Å². The Morgan fingerprint density at radius 3 is 2.72 bits per heavy atom. The summed E-state index contributed by atoms with van der Waals surface area (Å²) in [7, 11) is 1.59. The van der Waals surface area contributed by atoms with Gasteiger partial charge in [0, 0.05) is 36.6 Å². The van der Waals surface area contributed by atoms with Gasteiger partial charge in [-0.05, 0) is 11.6 Å². The minimum atomic E-state index is -4.52. The van der Waals surface area contributed by atoms with Crippen LogP contribution in [0.1, 0.15) is 11.6 Å². The fourth-order valence-corrected chi connectivity index (χ4v) is 3.32. The minimum Gasteiger partial charge on any atom is -0.345 e. The number of alkyl halides is 3. The molecule has 1 aromatic carbocycles. The van der Waals surface area contributed by atoms with E-state index < -0.39 is 24.7 Å². The lowest BCUT2D eigenvalue weighted by Crippen LogP contribution is -2.42. The van der Waals surface area contributed by atoms with Crippen LogP contribution in [0, 0.1) is 0 Å². The quantitative estimate of drug-likeness (QED) is 0.477. The number of aromatic amines is 1. The summed E-state index contributed by atoms with van der Waals surface area (Å²) in [4.78, 5) is 34.3. The first-order valence-electron chi connectivity index (χ1n) is 9.56. The Kier molecular flexibility index (Phi) is 5.71. The molecule has 3 aromatic heterocycles. The van der Waals surface area contributed by atoms with Crippen LogP contribution in [0.25, 0.3) is 22.4 Å². The van der Waals surface area contributed by atoms with E-state index in [4.69, 9.17) is 0 Å². The maximum atomic E-state index is 12.8. The van der Waals surface area contributed by atoms with Crippen LogP contribution < -0.4 is 10.2 Å². The summed E-state index contributed by atoms with van der Waals surface area (Å²) in [6, 6.07) is 9.08. The molecule has 4 aromatic rings. The second kappa shape index (κ2) is 8.61. The van der Waals surface area contributed by atoms with E-state index in [0.717, 1.165) is 5.39 Å². The molecule has 1 amide bonds. The number of fused-ring (bicyclic) bond motifs is 1. The molecule has 3 heterocycles. The lowest BCUT2D eigenvalue weighted by Gasteiger charge is -2.29. The Labute approximate surface area is 180 Å². The molecule has 0 saturated heterocycles. The summed E-state index contributed by atoms with van der Waals surface area (Å²) in [6.45, 7) is -1.42. The second-order valence-electron chi connectivity index (χ2n) is 6.98. The Hall–Kier alpha value is -4.02. The summed E-state index contributed by atoms with van der Waals surface area (Å²) in [5.74, 6) is -0.0770. The zero-order valence-corrected chi connectivity index (χ0v) is 16.8. The molecule has 0 aliphatic carbocycles. The Balaban J connectivity index is 1.69. The molecule has 1 atom stereocenters. The van der Waals surface area contributed by atoms with Gasteiger partial charge >= 0.3 is 6.18 Å². The monoisotopic (exact) mass is 441 g/mol. The van der Waals surface area contributed by atoms with Crippen molar-refractivity contribution in [3.63, 3.8) is 0 Å². The van der Waals surface area contributed by atoms with Crippen molar-refractivity contribution in [3.8, 4) is 11.4 Å². The van der Waals surface area contributed by atoms with Crippen LogP contribution in [0.2, 0.25) is 0 Å². The summed E-state index contributed by atoms with van der Waals surface area (Å²) in [5, 5.41) is 2.69. The van der Waals surface area contributed by atoms with Crippen LogP contribution in [0.5, 0.6) is 0 Å². The fourth-order valence-electron chi connectivity index (χ4n) is 3.32. The first-order valence-corrected chi connectivity index (χ1v) is 9.56. The van der Waals surface area contributed by atoms with Gasteiger partial charge in [-0.1, -0.05) is 30.3 Å². The van der Waals surface area contributed by atoms with Gasteiger partial charge in [-0.15, -0.1) is 0 Å². The number of hydrogen-bond acceptors (Lipinski definition) is 6. The molecule has 164 valence electrons. The van der Waals surface area contributed by atoms with E-state index in [2.05, 4.69) is 24.9 Å². The van der Waals surface area contributed by atoms with Crippen molar-refractivity contribution in [1.29, 1.82) is 0 Å². The van der Waals surface area contributed by atoms with Gasteiger partial charge in [0.15, 0.2) is 5.82 Å². The molecule has 0 bridgehead atoms. The molecule has 1 unspecified atom stereocenters. The van der Waals surface area contributed by atoms with Crippen molar-refractivity contribution in [2.45, 2.75) is 12.2 Å². The third kappa shape index (κ3) is 4.51. The van der Waals surface area contributed by atoms with Gasteiger partial charge in [-0.3, -0.25) is 4.79 Å². The Bertz CT molecular complexity index is 1230. The van der Waals surface area contributed by atoms with Crippen LogP contribution in [0.15, 0.2) is 61.3 Å². The number of anilines is 1. The van der Waals surface area contributed by atoms with Crippen LogP contribution in [-0.4, -0.2) is 50.6 Å². The average molecular weight is 441 g/mol. The third-order valence-electron chi connectivity index (χ3n) is 4.81. The highest BCUT2D eigenvalue weighted by Crippen LogP contribution is 2.28. The minimum absolute atomic E-state index is 0.359. The molecule has 0 radical (unpaired) electrons. The topological polar surface area (TPSA) is 99.7 Å². The highest BCUT2D eigenvalue weighted by Gasteiger charge is 2.32. The number of rotatable bonds is 6. The molecule has 32 heavy (non-hydrogen) atoms. The van der Waals surface area contributed by atoms with E-state index in [1.807, 2.05) is 5.32 Å². The van der Waals surface area contributed by atoms with Crippen molar-refractivity contribution in [2.75, 3.05) is 18.5 Å². The van der Waals surface area contributed by atoms with Gasteiger partial charge in [-0.2, -0.15) is 13.2 Å². The predicted molar refractivity (Wildman–Crippen MR) is 112 cm³/mol. The van der Waals surface area contributed by atoms with E-state index in [1.165, 1.54) is 17.4 Å². The normalized spacial score (nSPS) is 12.5. The molecule has 0 fully saturated rings. The number of likely N-dealkylation sites (N-methyl/N-ethyl adjacent to an activating group) is 1. The summed E-state index contributed by atoms with van der Waals surface area (Å²) in [6.07, 6.45) is 1.74. The zero-order chi connectivity index (χ0) is 22.7. The van der Waals surface area contributed by atoms with Crippen LogP contribution in [0.4, 0.5) is 19.0 Å². The molecule has 8 nitrogen and oxygen atoms in total. The number of carbonyl (C=O) groups excluding carboxylic acids is 1. The molecular formula is C21H18F3N7O. The number of nitrogens with one attached hydrogen (secondary N) is 2. The number of nitrogens with zero attached hydrogens (tertiary/aromatic N) is 5. The molecule has 0 saturated carbocycles. The van der Waals surface area contributed by atoms with Crippen LogP contribution in [-0.2, 0) is 4.79 Å². The molecule has 0 spiro atoms. The van der Waals surface area contributed by atoms with E-state index >= 15 is 0 Å². The average Bonchev–Trinajstić information content (AvgIpc) is 3.22.